The Kier molecular flexibility index (Phi) is 6.43. The normalized spacial score (nSPS) is 11.2. The van der Waals surface area contributed by atoms with Crippen LogP contribution in [0.5, 0.6) is 0 Å². The second-order valence-corrected chi connectivity index (χ2v) is 10.8. The smallest absolute Gasteiger partial charge is 0.159 e. The van der Waals surface area contributed by atoms with E-state index in [1.807, 2.05) is 24.3 Å². The van der Waals surface area contributed by atoms with Gasteiger partial charge in [0.25, 0.3) is 0 Å². The molecule has 4 heteroatoms. The molecule has 3 heterocycles. The van der Waals surface area contributed by atoms with Crippen molar-refractivity contribution in [1.29, 1.82) is 0 Å². The number of rotatable bonds is 5. The lowest BCUT2D eigenvalue weighted by Gasteiger charge is -2.10. The van der Waals surface area contributed by atoms with Gasteiger partial charge in [0, 0.05) is 39.9 Å². The van der Waals surface area contributed by atoms with Gasteiger partial charge in [-0.25, -0.2) is 19.9 Å². The average Bonchev–Trinajstić information content (AvgIpc) is 3.12. The molecule has 0 saturated heterocycles. The maximum absolute atomic E-state index is 5.15. The van der Waals surface area contributed by atoms with Crippen molar-refractivity contribution in [3.8, 4) is 56.2 Å². The summed E-state index contributed by atoms with van der Waals surface area (Å²) >= 11 is 0. The molecule has 44 heavy (non-hydrogen) atoms. The molecule has 8 rings (SSSR count). The van der Waals surface area contributed by atoms with Crippen LogP contribution in [0, 0.1) is 0 Å². The molecule has 4 nitrogen and oxygen atoms in total. The van der Waals surface area contributed by atoms with E-state index >= 15 is 0 Å². The zero-order valence-electron chi connectivity index (χ0n) is 23.8. The Balaban J connectivity index is 1.11. The predicted octanol–water partition coefficient (Wildman–Crippen LogP) is 9.91. The SMILES string of the molecule is c1ccc(-c2ccc3ccc4ccc(-c5cccc(-c6ccc(-c7ccc(-c8ncccn8)cc7)cc6)c5)nc4c3n2)cc1. The van der Waals surface area contributed by atoms with Gasteiger partial charge in [0.15, 0.2) is 5.82 Å². The molecule has 0 amide bonds. The molecule has 0 atom stereocenters. The maximum atomic E-state index is 5.15. The number of hydrogen-bond donors (Lipinski definition) is 0. The van der Waals surface area contributed by atoms with Gasteiger partial charge >= 0.3 is 0 Å². The van der Waals surface area contributed by atoms with Crippen LogP contribution in [0.2, 0.25) is 0 Å². The van der Waals surface area contributed by atoms with Crippen LogP contribution in [0.1, 0.15) is 0 Å². The highest BCUT2D eigenvalue weighted by Gasteiger charge is 2.10. The highest BCUT2D eigenvalue weighted by molar-refractivity contribution is 6.04. The zero-order valence-corrected chi connectivity index (χ0v) is 23.8. The van der Waals surface area contributed by atoms with E-state index in [0.717, 1.165) is 78.0 Å². The number of pyridine rings is 2. The molecule has 0 N–H and O–H groups in total. The van der Waals surface area contributed by atoms with Crippen LogP contribution in [0.15, 0.2) is 158 Å². The third-order valence-corrected chi connectivity index (χ3v) is 8.01. The van der Waals surface area contributed by atoms with Crippen molar-refractivity contribution in [2.45, 2.75) is 0 Å². The van der Waals surface area contributed by atoms with Crippen LogP contribution in [0.4, 0.5) is 0 Å². The molecule has 0 unspecified atom stereocenters. The summed E-state index contributed by atoms with van der Waals surface area (Å²) in [5, 5.41) is 2.16. The fraction of sp³-hybridized carbons (Fsp3) is 0. The molecule has 0 spiro atoms. The number of nitrogens with zero attached hydrogens (tertiary/aromatic N) is 4. The first-order valence-corrected chi connectivity index (χ1v) is 14.6. The second kappa shape index (κ2) is 11.0. The summed E-state index contributed by atoms with van der Waals surface area (Å²) in [6, 6.07) is 50.5. The van der Waals surface area contributed by atoms with Crippen molar-refractivity contribution >= 4 is 21.8 Å². The minimum absolute atomic E-state index is 0.733. The summed E-state index contributed by atoms with van der Waals surface area (Å²) in [5.74, 6) is 0.733. The van der Waals surface area contributed by atoms with E-state index in [-0.39, 0.29) is 0 Å². The van der Waals surface area contributed by atoms with Gasteiger partial charge in [-0.3, -0.25) is 0 Å². The second-order valence-electron chi connectivity index (χ2n) is 10.8. The molecule has 0 aliphatic rings. The molecular formula is C40H26N4. The summed E-state index contributed by atoms with van der Waals surface area (Å²) in [7, 11) is 0. The van der Waals surface area contributed by atoms with Gasteiger partial charge in [-0.15, -0.1) is 0 Å². The van der Waals surface area contributed by atoms with E-state index < -0.39 is 0 Å². The highest BCUT2D eigenvalue weighted by atomic mass is 14.8. The van der Waals surface area contributed by atoms with E-state index in [1.165, 1.54) is 0 Å². The average molecular weight is 563 g/mol. The van der Waals surface area contributed by atoms with Crippen molar-refractivity contribution in [1.82, 2.24) is 19.9 Å². The number of fused-ring (bicyclic) bond motifs is 3. The maximum Gasteiger partial charge on any atom is 0.159 e. The van der Waals surface area contributed by atoms with Crippen LogP contribution in [0.3, 0.4) is 0 Å². The minimum atomic E-state index is 0.733. The van der Waals surface area contributed by atoms with Gasteiger partial charge in [-0.2, -0.15) is 0 Å². The molecule has 0 radical (unpaired) electrons. The minimum Gasteiger partial charge on any atom is -0.245 e. The third kappa shape index (κ3) is 4.89. The highest BCUT2D eigenvalue weighted by Crippen LogP contribution is 2.31. The Morgan fingerprint density at radius 1 is 0.318 bits per heavy atom. The van der Waals surface area contributed by atoms with Crippen LogP contribution in [-0.4, -0.2) is 19.9 Å². The topological polar surface area (TPSA) is 51.6 Å². The zero-order chi connectivity index (χ0) is 29.3. The summed E-state index contributed by atoms with van der Waals surface area (Å²) in [5.41, 5.74) is 11.5. The Morgan fingerprint density at radius 3 is 1.41 bits per heavy atom. The molecule has 0 fully saturated rings. The summed E-state index contributed by atoms with van der Waals surface area (Å²) in [6.07, 6.45) is 3.53. The lowest BCUT2D eigenvalue weighted by molar-refractivity contribution is 1.18. The quantitative estimate of drug-likeness (QED) is 0.196. The van der Waals surface area contributed by atoms with E-state index in [1.54, 1.807) is 12.4 Å². The fourth-order valence-corrected chi connectivity index (χ4v) is 5.67. The molecule has 206 valence electrons. The van der Waals surface area contributed by atoms with Crippen LogP contribution in [-0.2, 0) is 0 Å². The van der Waals surface area contributed by atoms with Gasteiger partial charge in [-0.1, -0.05) is 121 Å². The Bertz CT molecular complexity index is 2240. The molecule has 5 aromatic carbocycles. The van der Waals surface area contributed by atoms with E-state index in [0.29, 0.717) is 0 Å². The van der Waals surface area contributed by atoms with Crippen molar-refractivity contribution < 1.29 is 0 Å². The molecular weight excluding hydrogens is 536 g/mol. The van der Waals surface area contributed by atoms with Crippen molar-refractivity contribution in [3.63, 3.8) is 0 Å². The largest absolute Gasteiger partial charge is 0.245 e. The lowest BCUT2D eigenvalue weighted by atomic mass is 9.97. The van der Waals surface area contributed by atoms with Gasteiger partial charge in [-0.05, 0) is 46.5 Å². The summed E-state index contributed by atoms with van der Waals surface area (Å²) in [6.45, 7) is 0. The van der Waals surface area contributed by atoms with Crippen molar-refractivity contribution in [3.05, 3.63) is 158 Å². The number of aromatic nitrogens is 4. The standard InChI is InChI=1S/C40H26N4/c1-2-6-30(7-3-1)36-22-20-31-16-17-32-21-23-37(44-39(32)38(31)43-36)35-9-4-8-34(26-35)29-12-10-27(11-13-29)28-14-18-33(19-15-28)40-41-24-5-25-42-40/h1-26H. The molecule has 3 aromatic heterocycles. The number of benzene rings is 5. The summed E-state index contributed by atoms with van der Waals surface area (Å²) in [4.78, 5) is 18.9. The van der Waals surface area contributed by atoms with Crippen molar-refractivity contribution in [2.24, 2.45) is 0 Å². The van der Waals surface area contributed by atoms with Gasteiger partial charge in [0.05, 0.1) is 22.4 Å². The Morgan fingerprint density at radius 2 is 0.795 bits per heavy atom. The van der Waals surface area contributed by atoms with Crippen LogP contribution >= 0.6 is 0 Å². The van der Waals surface area contributed by atoms with Crippen LogP contribution in [0.25, 0.3) is 78.0 Å². The number of hydrogen-bond acceptors (Lipinski definition) is 4. The third-order valence-electron chi connectivity index (χ3n) is 8.01. The fourth-order valence-electron chi connectivity index (χ4n) is 5.67. The van der Waals surface area contributed by atoms with Crippen LogP contribution < -0.4 is 0 Å². The van der Waals surface area contributed by atoms with Crippen molar-refractivity contribution in [2.75, 3.05) is 0 Å². The molecule has 0 aliphatic carbocycles. The molecule has 0 bridgehead atoms. The molecule has 0 saturated carbocycles. The monoisotopic (exact) mass is 562 g/mol. The molecule has 8 aromatic rings. The van der Waals surface area contributed by atoms with Gasteiger partial charge in [0.2, 0.25) is 0 Å². The Hall–Kier alpha value is -6.00. The van der Waals surface area contributed by atoms with E-state index in [2.05, 4.69) is 131 Å². The molecule has 0 aliphatic heterocycles. The van der Waals surface area contributed by atoms with Gasteiger partial charge in [0.1, 0.15) is 0 Å². The summed E-state index contributed by atoms with van der Waals surface area (Å²) < 4.78 is 0. The lowest BCUT2D eigenvalue weighted by Crippen LogP contribution is -1.91. The first kappa shape index (κ1) is 25.7. The first-order valence-electron chi connectivity index (χ1n) is 14.6. The first-order chi connectivity index (χ1) is 21.8. The van der Waals surface area contributed by atoms with Gasteiger partial charge < -0.3 is 0 Å². The van der Waals surface area contributed by atoms with E-state index in [9.17, 15) is 0 Å². The Labute approximate surface area is 255 Å². The predicted molar refractivity (Wildman–Crippen MR) is 180 cm³/mol. The van der Waals surface area contributed by atoms with E-state index in [4.69, 9.17) is 9.97 Å².